The number of ether oxygens (including phenoxy) is 1. The van der Waals surface area contributed by atoms with Gasteiger partial charge in [0.2, 0.25) is 5.91 Å². The van der Waals surface area contributed by atoms with E-state index in [1.807, 2.05) is 7.05 Å². The topological polar surface area (TPSA) is 65.4 Å². The number of rotatable bonds is 3. The van der Waals surface area contributed by atoms with Gasteiger partial charge in [-0.1, -0.05) is 0 Å². The van der Waals surface area contributed by atoms with Crippen LogP contribution in [0.4, 0.5) is 0 Å². The first-order valence-electron chi connectivity index (χ1n) is 5.01. The maximum atomic E-state index is 11.4. The van der Waals surface area contributed by atoms with Crippen LogP contribution in [0.15, 0.2) is 0 Å². The van der Waals surface area contributed by atoms with E-state index in [1.54, 1.807) is 0 Å². The molecular weight excluding hydrogens is 194 g/mol. The molecule has 1 rings (SSSR count). The van der Waals surface area contributed by atoms with Gasteiger partial charge >= 0.3 is 0 Å². The highest BCUT2D eigenvalue weighted by molar-refractivity contribution is 5.78. The van der Waals surface area contributed by atoms with Crippen LogP contribution in [0.3, 0.4) is 0 Å². The fourth-order valence-corrected chi connectivity index (χ4v) is 1.70. The Morgan fingerprint density at radius 3 is 2.67 bits per heavy atom. The third-order valence-electron chi connectivity index (χ3n) is 2.71. The molecule has 0 radical (unpaired) electrons. The van der Waals surface area contributed by atoms with Gasteiger partial charge in [0.1, 0.15) is 12.1 Å². The number of hydrogen-bond donors (Lipinski definition) is 1. The number of nitriles is 1. The Labute approximate surface area is 90.0 Å². The molecule has 0 spiro atoms. The lowest BCUT2D eigenvalue weighted by molar-refractivity contribution is -0.126. The van der Waals surface area contributed by atoms with Crippen LogP contribution >= 0.6 is 0 Å². The largest absolute Gasteiger partial charge is 0.375 e. The van der Waals surface area contributed by atoms with Crippen molar-refractivity contribution in [2.75, 3.05) is 33.9 Å². The van der Waals surface area contributed by atoms with Gasteiger partial charge in [-0.25, -0.2) is 0 Å². The van der Waals surface area contributed by atoms with Gasteiger partial charge in [-0.3, -0.25) is 4.79 Å². The Morgan fingerprint density at radius 1 is 1.60 bits per heavy atom. The highest BCUT2D eigenvalue weighted by Gasteiger charge is 2.34. The summed E-state index contributed by atoms with van der Waals surface area (Å²) in [5.74, 6) is -0.219. The summed E-state index contributed by atoms with van der Waals surface area (Å²) >= 11 is 0. The number of carbonyl (C=O) groups excluding carboxylic acids is 1. The minimum Gasteiger partial charge on any atom is -0.375 e. The van der Waals surface area contributed by atoms with Gasteiger partial charge in [0.25, 0.3) is 0 Å². The zero-order valence-electron chi connectivity index (χ0n) is 9.25. The zero-order chi connectivity index (χ0) is 11.3. The molecule has 0 aliphatic carbocycles. The average molecular weight is 211 g/mol. The highest BCUT2D eigenvalue weighted by atomic mass is 16.5. The second kappa shape index (κ2) is 5.10. The Kier molecular flexibility index (Phi) is 4.06. The summed E-state index contributed by atoms with van der Waals surface area (Å²) in [5, 5.41) is 11.9. The lowest BCUT2D eigenvalue weighted by Gasteiger charge is -2.35. The Bertz CT molecular complexity index is 264. The second-order valence-corrected chi connectivity index (χ2v) is 3.98. The van der Waals surface area contributed by atoms with Gasteiger partial charge < -0.3 is 15.0 Å². The number of nitrogens with zero attached hydrogens (tertiary/aromatic N) is 2. The first-order valence-corrected chi connectivity index (χ1v) is 5.01. The van der Waals surface area contributed by atoms with Crippen LogP contribution in [0.5, 0.6) is 0 Å². The maximum Gasteiger partial charge on any atom is 0.247 e. The summed E-state index contributed by atoms with van der Waals surface area (Å²) in [6.45, 7) is 1.68. The van der Waals surface area contributed by atoms with Gasteiger partial charge in [0, 0.05) is 20.2 Å². The monoisotopic (exact) mass is 211 g/mol. The van der Waals surface area contributed by atoms with E-state index in [4.69, 9.17) is 10.00 Å². The lowest BCUT2D eigenvalue weighted by atomic mass is 9.89. The van der Waals surface area contributed by atoms with E-state index < -0.39 is 5.54 Å². The first-order chi connectivity index (χ1) is 7.12. The van der Waals surface area contributed by atoms with Gasteiger partial charge in [0.15, 0.2) is 0 Å². The molecule has 84 valence electrons. The number of hydrogen-bond acceptors (Lipinski definition) is 4. The number of nitrogens with one attached hydrogen (secondary N) is 1. The van der Waals surface area contributed by atoms with Gasteiger partial charge in [-0.2, -0.15) is 5.26 Å². The molecule has 0 unspecified atom stereocenters. The van der Waals surface area contributed by atoms with Crippen molar-refractivity contribution in [1.29, 1.82) is 5.26 Å². The molecule has 0 atom stereocenters. The van der Waals surface area contributed by atoms with E-state index in [0.717, 1.165) is 13.1 Å². The third kappa shape index (κ3) is 3.18. The Morgan fingerprint density at radius 2 is 2.20 bits per heavy atom. The number of carbonyl (C=O) groups is 1. The number of piperidine rings is 1. The van der Waals surface area contributed by atoms with Gasteiger partial charge in [-0.05, 0) is 19.9 Å². The molecule has 0 aromatic rings. The standard InChI is InChI=1S/C10H17N3O2/c1-13-5-3-10(8-11,4-6-13)12-9(14)7-15-2/h3-7H2,1-2H3,(H,12,14). The molecule has 1 saturated heterocycles. The van der Waals surface area contributed by atoms with E-state index in [2.05, 4.69) is 16.3 Å². The smallest absolute Gasteiger partial charge is 0.247 e. The fraction of sp³-hybridized carbons (Fsp3) is 0.800. The number of methoxy groups -OCH3 is 1. The number of likely N-dealkylation sites (tertiary alicyclic amines) is 1. The molecule has 1 amide bonds. The van der Waals surface area contributed by atoms with Crippen LogP contribution in [-0.4, -0.2) is 50.2 Å². The third-order valence-corrected chi connectivity index (χ3v) is 2.71. The minimum absolute atomic E-state index is 0.0132. The maximum absolute atomic E-state index is 11.4. The molecule has 0 aromatic carbocycles. The van der Waals surface area contributed by atoms with E-state index in [9.17, 15) is 4.79 Å². The van der Waals surface area contributed by atoms with Crippen LogP contribution in [0.2, 0.25) is 0 Å². The lowest BCUT2D eigenvalue weighted by Crippen LogP contribution is -2.54. The molecular formula is C10H17N3O2. The molecule has 1 fully saturated rings. The van der Waals surface area contributed by atoms with E-state index in [1.165, 1.54) is 7.11 Å². The van der Waals surface area contributed by atoms with E-state index >= 15 is 0 Å². The SMILES string of the molecule is COCC(=O)NC1(C#N)CCN(C)CC1. The molecule has 5 nitrogen and oxygen atoms in total. The summed E-state index contributed by atoms with van der Waals surface area (Å²) in [6.07, 6.45) is 1.35. The summed E-state index contributed by atoms with van der Waals surface area (Å²) in [4.78, 5) is 13.5. The molecule has 1 aliphatic heterocycles. The van der Waals surface area contributed by atoms with Crippen molar-refractivity contribution < 1.29 is 9.53 Å². The predicted molar refractivity (Wildman–Crippen MR) is 55.1 cm³/mol. The summed E-state index contributed by atoms with van der Waals surface area (Å²) in [6, 6.07) is 2.21. The molecule has 1 N–H and O–H groups in total. The fourth-order valence-electron chi connectivity index (χ4n) is 1.70. The van der Waals surface area contributed by atoms with Crippen LogP contribution in [0.1, 0.15) is 12.8 Å². The van der Waals surface area contributed by atoms with Crippen molar-refractivity contribution in [2.45, 2.75) is 18.4 Å². The van der Waals surface area contributed by atoms with Crippen LogP contribution in [-0.2, 0) is 9.53 Å². The summed E-state index contributed by atoms with van der Waals surface area (Å²) in [5.41, 5.74) is -0.692. The number of amides is 1. The second-order valence-electron chi connectivity index (χ2n) is 3.98. The van der Waals surface area contributed by atoms with Crippen LogP contribution in [0, 0.1) is 11.3 Å². The van der Waals surface area contributed by atoms with Crippen molar-refractivity contribution in [3.63, 3.8) is 0 Å². The normalized spacial score (nSPS) is 20.6. The van der Waals surface area contributed by atoms with Crippen molar-refractivity contribution >= 4 is 5.91 Å². The van der Waals surface area contributed by atoms with E-state index in [-0.39, 0.29) is 12.5 Å². The predicted octanol–water partition coefficient (Wildman–Crippen LogP) is -0.263. The van der Waals surface area contributed by atoms with Crippen molar-refractivity contribution in [3.05, 3.63) is 0 Å². The van der Waals surface area contributed by atoms with Gasteiger partial charge in [-0.15, -0.1) is 0 Å². The molecule has 0 aromatic heterocycles. The van der Waals surface area contributed by atoms with Crippen molar-refractivity contribution in [1.82, 2.24) is 10.2 Å². The van der Waals surface area contributed by atoms with E-state index in [0.29, 0.717) is 12.8 Å². The summed E-state index contributed by atoms with van der Waals surface area (Å²) in [7, 11) is 3.48. The summed E-state index contributed by atoms with van der Waals surface area (Å²) < 4.78 is 4.72. The molecule has 5 heteroatoms. The molecule has 0 saturated carbocycles. The molecule has 0 bridgehead atoms. The first kappa shape index (κ1) is 12.0. The van der Waals surface area contributed by atoms with Crippen molar-refractivity contribution in [2.24, 2.45) is 0 Å². The molecule has 1 heterocycles. The minimum atomic E-state index is -0.692. The Balaban J connectivity index is 2.55. The average Bonchev–Trinajstić information content (AvgIpc) is 2.22. The zero-order valence-corrected chi connectivity index (χ0v) is 9.25. The van der Waals surface area contributed by atoms with Crippen molar-refractivity contribution in [3.8, 4) is 6.07 Å². The van der Waals surface area contributed by atoms with Gasteiger partial charge in [0.05, 0.1) is 6.07 Å². The Hall–Kier alpha value is -1.12. The van der Waals surface area contributed by atoms with Crippen LogP contribution < -0.4 is 5.32 Å². The highest BCUT2D eigenvalue weighted by Crippen LogP contribution is 2.20. The quantitative estimate of drug-likeness (QED) is 0.698. The molecule has 15 heavy (non-hydrogen) atoms. The molecule has 1 aliphatic rings. The van der Waals surface area contributed by atoms with Crippen LogP contribution in [0.25, 0.3) is 0 Å².